The summed E-state index contributed by atoms with van der Waals surface area (Å²) in [6.07, 6.45) is 5.28. The van der Waals surface area contributed by atoms with Crippen LogP contribution in [-0.4, -0.2) is 43.2 Å². The number of aliphatic imine (C=N–C) groups is 1. The first kappa shape index (κ1) is 19.3. The van der Waals surface area contributed by atoms with Crippen molar-refractivity contribution in [1.29, 1.82) is 0 Å². The van der Waals surface area contributed by atoms with Crippen molar-refractivity contribution in [2.75, 3.05) is 31.1 Å². The van der Waals surface area contributed by atoms with Gasteiger partial charge in [0.15, 0.2) is 5.96 Å². The molecule has 0 radical (unpaired) electrons. The zero-order valence-corrected chi connectivity index (χ0v) is 16.4. The van der Waals surface area contributed by atoms with Crippen molar-refractivity contribution in [1.82, 2.24) is 15.6 Å². The first-order chi connectivity index (χ1) is 13.1. The Hall–Kier alpha value is -2.47. The van der Waals surface area contributed by atoms with E-state index < -0.39 is 0 Å². The number of nitrogens with zero attached hydrogens (tertiary/aromatic N) is 3. The molecule has 0 amide bonds. The van der Waals surface area contributed by atoms with Crippen molar-refractivity contribution >= 4 is 23.4 Å². The quantitative estimate of drug-likeness (QED) is 0.433. The summed E-state index contributed by atoms with van der Waals surface area (Å²) in [5.74, 6) is 2.59. The first-order valence-electron chi connectivity index (χ1n) is 9.19. The number of pyridine rings is 1. The van der Waals surface area contributed by atoms with Crippen molar-refractivity contribution in [2.24, 2.45) is 4.99 Å². The van der Waals surface area contributed by atoms with Gasteiger partial charge in [-0.15, -0.1) is 0 Å². The molecule has 144 valence electrons. The maximum Gasteiger partial charge on any atom is 0.191 e. The lowest BCUT2D eigenvalue weighted by Gasteiger charge is -2.20. The fourth-order valence-electron chi connectivity index (χ4n) is 3.00. The van der Waals surface area contributed by atoms with Crippen LogP contribution in [0.5, 0.6) is 0 Å². The van der Waals surface area contributed by atoms with Crippen LogP contribution in [0.4, 0.5) is 5.82 Å². The van der Waals surface area contributed by atoms with Gasteiger partial charge in [0.05, 0.1) is 17.8 Å². The molecule has 1 unspecified atom stereocenters. The van der Waals surface area contributed by atoms with Gasteiger partial charge >= 0.3 is 0 Å². The van der Waals surface area contributed by atoms with E-state index in [-0.39, 0.29) is 6.04 Å². The van der Waals surface area contributed by atoms with Crippen molar-refractivity contribution in [3.05, 3.63) is 59.7 Å². The summed E-state index contributed by atoms with van der Waals surface area (Å²) in [5, 5.41) is 7.60. The number of halogens is 1. The highest BCUT2D eigenvalue weighted by molar-refractivity contribution is 6.32. The normalized spacial score (nSPS) is 17.2. The molecule has 7 heteroatoms. The van der Waals surface area contributed by atoms with Gasteiger partial charge in [0.25, 0.3) is 0 Å². The van der Waals surface area contributed by atoms with E-state index in [2.05, 4.69) is 32.1 Å². The van der Waals surface area contributed by atoms with Gasteiger partial charge in [0, 0.05) is 38.3 Å². The molecule has 0 spiro atoms. The van der Waals surface area contributed by atoms with E-state index in [4.69, 9.17) is 16.0 Å². The molecule has 0 saturated carbocycles. The highest BCUT2D eigenvalue weighted by atomic mass is 35.5. The largest absolute Gasteiger partial charge is 0.469 e. The fourth-order valence-corrected chi connectivity index (χ4v) is 3.24. The molecule has 2 aromatic heterocycles. The lowest BCUT2D eigenvalue weighted by molar-refractivity contribution is 0.506. The van der Waals surface area contributed by atoms with E-state index in [1.54, 1.807) is 12.5 Å². The lowest BCUT2D eigenvalue weighted by atomic mass is 10.2. The number of rotatable bonds is 7. The zero-order valence-electron chi connectivity index (χ0n) is 15.6. The summed E-state index contributed by atoms with van der Waals surface area (Å²) in [5.41, 5.74) is 1.02. The second-order valence-electron chi connectivity index (χ2n) is 6.76. The molecule has 1 atom stereocenters. The minimum absolute atomic E-state index is 0.281. The van der Waals surface area contributed by atoms with Crippen LogP contribution < -0.4 is 15.5 Å². The van der Waals surface area contributed by atoms with Crippen LogP contribution >= 0.6 is 11.6 Å². The molecule has 3 rings (SSSR count). The minimum Gasteiger partial charge on any atom is -0.469 e. The van der Waals surface area contributed by atoms with Crippen LogP contribution in [0.15, 0.2) is 58.3 Å². The van der Waals surface area contributed by atoms with Crippen LogP contribution in [0.3, 0.4) is 0 Å². The van der Waals surface area contributed by atoms with Crippen molar-refractivity contribution in [2.45, 2.75) is 25.8 Å². The van der Waals surface area contributed by atoms with E-state index in [1.807, 2.05) is 31.2 Å². The van der Waals surface area contributed by atoms with Crippen LogP contribution in [0, 0.1) is 0 Å². The third-order valence-electron chi connectivity index (χ3n) is 4.32. The second kappa shape index (κ2) is 9.46. The molecule has 1 saturated heterocycles. The van der Waals surface area contributed by atoms with E-state index in [0.29, 0.717) is 11.6 Å². The number of guanidine groups is 1. The second-order valence-corrected chi connectivity index (χ2v) is 7.17. The Morgan fingerprint density at radius 3 is 3.07 bits per heavy atom. The molecule has 27 heavy (non-hydrogen) atoms. The van der Waals surface area contributed by atoms with Crippen LogP contribution in [0.2, 0.25) is 5.02 Å². The highest BCUT2D eigenvalue weighted by Gasteiger charge is 2.25. The average molecular weight is 388 g/mol. The van der Waals surface area contributed by atoms with Crippen LogP contribution in [0.25, 0.3) is 0 Å². The third kappa shape index (κ3) is 5.76. The van der Waals surface area contributed by atoms with Crippen molar-refractivity contribution in [3.8, 4) is 0 Å². The van der Waals surface area contributed by atoms with Gasteiger partial charge < -0.3 is 20.0 Å². The smallest absolute Gasteiger partial charge is 0.191 e. The molecule has 2 N–H and O–H groups in total. The third-order valence-corrected chi connectivity index (χ3v) is 4.61. The van der Waals surface area contributed by atoms with Crippen LogP contribution in [-0.2, 0) is 6.42 Å². The average Bonchev–Trinajstić information content (AvgIpc) is 3.32. The van der Waals surface area contributed by atoms with Gasteiger partial charge in [-0.05, 0) is 37.6 Å². The summed E-state index contributed by atoms with van der Waals surface area (Å²) in [6.45, 7) is 9.00. The van der Waals surface area contributed by atoms with E-state index in [1.165, 1.54) is 0 Å². The molecular weight excluding hydrogens is 362 g/mol. The summed E-state index contributed by atoms with van der Waals surface area (Å²) < 4.78 is 5.38. The number of nitrogens with one attached hydrogen (secondary N) is 2. The van der Waals surface area contributed by atoms with Gasteiger partial charge in [-0.3, -0.25) is 0 Å². The molecule has 0 bridgehead atoms. The Morgan fingerprint density at radius 2 is 2.33 bits per heavy atom. The maximum atomic E-state index is 6.28. The van der Waals surface area contributed by atoms with Crippen molar-refractivity contribution in [3.63, 3.8) is 0 Å². The molecule has 1 aliphatic rings. The Morgan fingerprint density at radius 1 is 1.44 bits per heavy atom. The summed E-state index contributed by atoms with van der Waals surface area (Å²) in [6, 6.07) is 7.89. The maximum absolute atomic E-state index is 6.28. The highest BCUT2D eigenvalue weighted by Crippen LogP contribution is 2.25. The number of anilines is 1. The van der Waals surface area contributed by atoms with Gasteiger partial charge in [-0.25, -0.2) is 9.98 Å². The Bertz CT molecular complexity index is 774. The summed E-state index contributed by atoms with van der Waals surface area (Å²) >= 11 is 6.28. The molecule has 1 fully saturated rings. The number of hydrogen-bond donors (Lipinski definition) is 2. The van der Waals surface area contributed by atoms with Gasteiger partial charge in [0.2, 0.25) is 0 Å². The molecular formula is C20H26ClN5O. The number of aromatic nitrogens is 1. The van der Waals surface area contributed by atoms with E-state index in [0.717, 1.165) is 55.6 Å². The zero-order chi connectivity index (χ0) is 19.1. The lowest BCUT2D eigenvalue weighted by Crippen LogP contribution is -2.45. The molecule has 1 aliphatic heterocycles. The predicted octanol–water partition coefficient (Wildman–Crippen LogP) is 3.26. The van der Waals surface area contributed by atoms with Crippen molar-refractivity contribution < 1.29 is 4.42 Å². The van der Waals surface area contributed by atoms with Gasteiger partial charge in [0.1, 0.15) is 11.6 Å². The molecule has 0 aromatic carbocycles. The van der Waals surface area contributed by atoms with Gasteiger partial charge in [-0.2, -0.15) is 0 Å². The first-order valence-corrected chi connectivity index (χ1v) is 9.56. The monoisotopic (exact) mass is 387 g/mol. The van der Waals surface area contributed by atoms with Crippen LogP contribution in [0.1, 0.15) is 19.1 Å². The summed E-state index contributed by atoms with van der Waals surface area (Å²) in [4.78, 5) is 11.2. The number of furan rings is 1. The van der Waals surface area contributed by atoms with E-state index >= 15 is 0 Å². The topological polar surface area (TPSA) is 65.7 Å². The Balaban J connectivity index is 1.56. The summed E-state index contributed by atoms with van der Waals surface area (Å²) in [7, 11) is 0. The standard InChI is InChI=1S/C20H26ClN5O/c1-15(2)13-24-20(23-10-7-17-5-4-12-27-17)25-16-8-11-26(14-16)19-18(21)6-3-9-22-19/h3-6,9,12,16H,1,7-8,10-11,13-14H2,2H3,(H2,23,24,25). The molecule has 3 heterocycles. The Kier molecular flexibility index (Phi) is 6.76. The predicted molar refractivity (Wildman–Crippen MR) is 111 cm³/mol. The SMILES string of the molecule is C=C(C)CN=C(NCCc1ccco1)NC1CCN(c2ncccc2Cl)C1. The fraction of sp³-hybridized carbons (Fsp3) is 0.400. The molecule has 0 aliphatic carbocycles. The van der Waals surface area contributed by atoms with Gasteiger partial charge in [-0.1, -0.05) is 23.8 Å². The number of hydrogen-bond acceptors (Lipinski definition) is 4. The van der Waals surface area contributed by atoms with E-state index in [9.17, 15) is 0 Å². The molecule has 6 nitrogen and oxygen atoms in total. The minimum atomic E-state index is 0.281. The Labute approximate surface area is 165 Å². The molecule has 2 aromatic rings.